The van der Waals surface area contributed by atoms with Crippen molar-refractivity contribution in [3.8, 4) is 11.1 Å². The molecule has 0 radical (unpaired) electrons. The molecule has 0 saturated heterocycles. The Morgan fingerprint density at radius 2 is 1.68 bits per heavy atom. The van der Waals surface area contributed by atoms with Crippen LogP contribution in [0.1, 0.15) is 23.6 Å². The molecule has 0 atom stereocenters. The van der Waals surface area contributed by atoms with Gasteiger partial charge >= 0.3 is 0 Å². The summed E-state index contributed by atoms with van der Waals surface area (Å²) in [5, 5.41) is 4.20. The van der Waals surface area contributed by atoms with Crippen molar-refractivity contribution >= 4 is 11.6 Å². The summed E-state index contributed by atoms with van der Waals surface area (Å²) in [6.45, 7) is 8.17. The van der Waals surface area contributed by atoms with Crippen molar-refractivity contribution < 1.29 is 0 Å². The molecule has 19 heavy (non-hydrogen) atoms. The Labute approximate surface area is 120 Å². The van der Waals surface area contributed by atoms with E-state index in [0.717, 1.165) is 23.7 Å². The van der Waals surface area contributed by atoms with Crippen molar-refractivity contribution in [1.29, 1.82) is 0 Å². The molecule has 2 aromatic carbocycles. The molecule has 2 aromatic rings. The number of hydrogen-bond donors (Lipinski definition) is 1. The van der Waals surface area contributed by atoms with Gasteiger partial charge in [-0.05, 0) is 54.8 Å². The number of halogens is 1. The van der Waals surface area contributed by atoms with Crippen molar-refractivity contribution in [2.75, 3.05) is 6.54 Å². The summed E-state index contributed by atoms with van der Waals surface area (Å²) in [6, 6.07) is 12.7. The van der Waals surface area contributed by atoms with Crippen LogP contribution in [0.4, 0.5) is 0 Å². The molecule has 0 spiro atoms. The Hall–Kier alpha value is -1.31. The molecule has 0 aliphatic carbocycles. The smallest absolute Gasteiger partial charge is 0.0487 e. The minimum atomic E-state index is 0.826. The highest BCUT2D eigenvalue weighted by molar-refractivity contribution is 6.33. The lowest BCUT2D eigenvalue weighted by atomic mass is 9.96. The van der Waals surface area contributed by atoms with E-state index < -0.39 is 0 Å². The zero-order chi connectivity index (χ0) is 13.8. The average molecular weight is 274 g/mol. The Morgan fingerprint density at radius 1 is 1.00 bits per heavy atom. The van der Waals surface area contributed by atoms with E-state index >= 15 is 0 Å². The zero-order valence-electron chi connectivity index (χ0n) is 11.8. The molecule has 2 heteroatoms. The Morgan fingerprint density at radius 3 is 2.42 bits per heavy atom. The molecular weight excluding hydrogens is 254 g/mol. The van der Waals surface area contributed by atoms with Crippen LogP contribution in [0.3, 0.4) is 0 Å². The first-order chi connectivity index (χ1) is 9.13. The number of rotatable bonds is 4. The van der Waals surface area contributed by atoms with Crippen LogP contribution in [-0.4, -0.2) is 6.54 Å². The third-order valence-corrected chi connectivity index (χ3v) is 3.77. The van der Waals surface area contributed by atoms with E-state index in [9.17, 15) is 0 Å². The first-order valence-corrected chi connectivity index (χ1v) is 7.07. The van der Waals surface area contributed by atoms with Crippen LogP contribution in [0, 0.1) is 13.8 Å². The quantitative estimate of drug-likeness (QED) is 0.849. The molecule has 0 bridgehead atoms. The van der Waals surface area contributed by atoms with E-state index in [1.165, 1.54) is 22.3 Å². The monoisotopic (exact) mass is 273 g/mol. The van der Waals surface area contributed by atoms with Crippen LogP contribution < -0.4 is 5.32 Å². The van der Waals surface area contributed by atoms with Gasteiger partial charge in [-0.2, -0.15) is 0 Å². The lowest BCUT2D eigenvalue weighted by Gasteiger charge is -2.13. The van der Waals surface area contributed by atoms with Gasteiger partial charge in [-0.1, -0.05) is 42.8 Å². The van der Waals surface area contributed by atoms with Gasteiger partial charge in [-0.15, -0.1) is 0 Å². The van der Waals surface area contributed by atoms with Crippen molar-refractivity contribution in [2.24, 2.45) is 0 Å². The molecule has 1 N–H and O–H groups in total. The molecule has 0 fully saturated rings. The summed E-state index contributed by atoms with van der Waals surface area (Å²) in [5.74, 6) is 0. The minimum Gasteiger partial charge on any atom is -0.313 e. The maximum Gasteiger partial charge on any atom is 0.0487 e. The second kappa shape index (κ2) is 6.23. The minimum absolute atomic E-state index is 0.826. The highest BCUT2D eigenvalue weighted by Gasteiger charge is 2.09. The van der Waals surface area contributed by atoms with E-state index in [1.54, 1.807) is 0 Å². The molecule has 0 aliphatic heterocycles. The van der Waals surface area contributed by atoms with Crippen molar-refractivity contribution in [3.05, 3.63) is 58.1 Å². The van der Waals surface area contributed by atoms with Crippen LogP contribution in [0.25, 0.3) is 11.1 Å². The summed E-state index contributed by atoms with van der Waals surface area (Å²) in [5.41, 5.74) is 6.14. The summed E-state index contributed by atoms with van der Waals surface area (Å²) in [6.07, 6.45) is 0. The average Bonchev–Trinajstić information content (AvgIpc) is 2.41. The molecule has 0 aromatic heterocycles. The Bertz CT molecular complexity index is 575. The molecule has 0 heterocycles. The second-order valence-electron chi connectivity index (χ2n) is 4.85. The van der Waals surface area contributed by atoms with Crippen LogP contribution >= 0.6 is 11.6 Å². The summed E-state index contributed by atoms with van der Waals surface area (Å²) in [7, 11) is 0. The van der Waals surface area contributed by atoms with E-state index in [-0.39, 0.29) is 0 Å². The molecule has 100 valence electrons. The van der Waals surface area contributed by atoms with E-state index in [0.29, 0.717) is 0 Å². The van der Waals surface area contributed by atoms with Gasteiger partial charge in [0.05, 0.1) is 0 Å². The maximum absolute atomic E-state index is 6.42. The number of hydrogen-bond acceptors (Lipinski definition) is 1. The van der Waals surface area contributed by atoms with Gasteiger partial charge in [0.2, 0.25) is 0 Å². The maximum atomic E-state index is 6.42. The van der Waals surface area contributed by atoms with Gasteiger partial charge in [-0.25, -0.2) is 0 Å². The SMILES string of the molecule is CCNCc1ccccc1-c1cc(C)c(C)cc1Cl. The molecule has 1 nitrogen and oxygen atoms in total. The Kier molecular flexibility index (Phi) is 4.62. The zero-order valence-corrected chi connectivity index (χ0v) is 12.5. The standard InChI is InChI=1S/C17H20ClN/c1-4-19-11-14-7-5-6-8-15(14)16-9-12(2)13(3)10-17(16)18/h5-10,19H,4,11H2,1-3H3. The normalized spacial score (nSPS) is 10.7. The summed E-state index contributed by atoms with van der Waals surface area (Å²) >= 11 is 6.42. The van der Waals surface area contributed by atoms with Crippen LogP contribution in [0.5, 0.6) is 0 Å². The first kappa shape index (κ1) is 14.1. The lowest BCUT2D eigenvalue weighted by Crippen LogP contribution is -2.12. The van der Waals surface area contributed by atoms with E-state index in [2.05, 4.69) is 62.5 Å². The van der Waals surface area contributed by atoms with Crippen molar-refractivity contribution in [3.63, 3.8) is 0 Å². The fourth-order valence-electron chi connectivity index (χ4n) is 2.18. The van der Waals surface area contributed by atoms with Crippen molar-refractivity contribution in [2.45, 2.75) is 27.3 Å². The van der Waals surface area contributed by atoms with Crippen LogP contribution in [0.15, 0.2) is 36.4 Å². The fourth-order valence-corrected chi connectivity index (χ4v) is 2.50. The second-order valence-corrected chi connectivity index (χ2v) is 5.26. The molecule has 0 aliphatic rings. The highest BCUT2D eigenvalue weighted by atomic mass is 35.5. The van der Waals surface area contributed by atoms with Gasteiger partial charge in [0.25, 0.3) is 0 Å². The van der Waals surface area contributed by atoms with E-state index in [4.69, 9.17) is 11.6 Å². The van der Waals surface area contributed by atoms with Crippen LogP contribution in [0.2, 0.25) is 5.02 Å². The van der Waals surface area contributed by atoms with Crippen molar-refractivity contribution in [1.82, 2.24) is 5.32 Å². The molecule has 2 rings (SSSR count). The largest absolute Gasteiger partial charge is 0.313 e. The summed E-state index contributed by atoms with van der Waals surface area (Å²) < 4.78 is 0. The topological polar surface area (TPSA) is 12.0 Å². The molecule has 0 saturated carbocycles. The van der Waals surface area contributed by atoms with Gasteiger partial charge in [-0.3, -0.25) is 0 Å². The van der Waals surface area contributed by atoms with Gasteiger partial charge < -0.3 is 5.32 Å². The van der Waals surface area contributed by atoms with Crippen LogP contribution in [-0.2, 0) is 6.54 Å². The van der Waals surface area contributed by atoms with E-state index in [1.807, 2.05) is 0 Å². The summed E-state index contributed by atoms with van der Waals surface area (Å²) in [4.78, 5) is 0. The van der Waals surface area contributed by atoms with Gasteiger partial charge in [0.1, 0.15) is 0 Å². The fraction of sp³-hybridized carbons (Fsp3) is 0.294. The number of benzene rings is 2. The Balaban J connectivity index is 2.49. The van der Waals surface area contributed by atoms with Gasteiger partial charge in [0.15, 0.2) is 0 Å². The number of nitrogens with one attached hydrogen (secondary N) is 1. The lowest BCUT2D eigenvalue weighted by molar-refractivity contribution is 0.728. The molecule has 0 unspecified atom stereocenters. The third-order valence-electron chi connectivity index (χ3n) is 3.46. The highest BCUT2D eigenvalue weighted by Crippen LogP contribution is 2.32. The number of aryl methyl sites for hydroxylation is 2. The third kappa shape index (κ3) is 3.17. The van der Waals surface area contributed by atoms with Gasteiger partial charge in [0, 0.05) is 17.1 Å². The predicted molar refractivity (Wildman–Crippen MR) is 83.7 cm³/mol. The molecule has 0 amide bonds. The first-order valence-electron chi connectivity index (χ1n) is 6.69. The molecular formula is C17H20ClN. The predicted octanol–water partition coefficient (Wildman–Crippen LogP) is 4.73.